The molecule has 0 saturated carbocycles. The van der Waals surface area contributed by atoms with Crippen LogP contribution in [0, 0.1) is 0 Å². The Hall–Kier alpha value is -1.20. The zero-order valence-electron chi connectivity index (χ0n) is 11.9. The van der Waals surface area contributed by atoms with Crippen LogP contribution < -0.4 is 4.90 Å². The molecule has 1 N–H and O–H groups in total. The molecule has 1 aromatic rings. The van der Waals surface area contributed by atoms with Crippen molar-refractivity contribution in [2.45, 2.75) is 26.2 Å². The minimum Gasteiger partial charge on any atom is -0.395 e. The third-order valence-electron chi connectivity index (χ3n) is 3.90. The van der Waals surface area contributed by atoms with E-state index in [0.29, 0.717) is 5.92 Å². The van der Waals surface area contributed by atoms with Gasteiger partial charge in [-0.2, -0.15) is 0 Å². The van der Waals surface area contributed by atoms with Gasteiger partial charge in [0.05, 0.1) is 6.61 Å². The number of hydrogen-bond donors (Lipinski definition) is 1. The molecular formula is C14H24N4O. The Balaban J connectivity index is 1.99. The fourth-order valence-electron chi connectivity index (χ4n) is 2.36. The molecule has 1 aliphatic rings. The van der Waals surface area contributed by atoms with Crippen LogP contribution in [0.15, 0.2) is 12.4 Å². The molecule has 0 aliphatic carbocycles. The van der Waals surface area contributed by atoms with Gasteiger partial charge in [-0.15, -0.1) is 0 Å². The van der Waals surface area contributed by atoms with Crippen molar-refractivity contribution in [1.29, 1.82) is 0 Å². The Morgan fingerprint density at radius 2 is 2.00 bits per heavy atom. The van der Waals surface area contributed by atoms with Crippen molar-refractivity contribution in [3.8, 4) is 0 Å². The van der Waals surface area contributed by atoms with Gasteiger partial charge in [-0.3, -0.25) is 4.90 Å². The van der Waals surface area contributed by atoms with E-state index in [4.69, 9.17) is 5.11 Å². The molecule has 1 unspecified atom stereocenters. The zero-order valence-corrected chi connectivity index (χ0v) is 11.9. The lowest BCUT2D eigenvalue weighted by Crippen LogP contribution is -2.47. The van der Waals surface area contributed by atoms with E-state index in [0.717, 1.165) is 50.7 Å². The summed E-state index contributed by atoms with van der Waals surface area (Å²) < 4.78 is 0. The second kappa shape index (κ2) is 6.82. The third-order valence-corrected chi connectivity index (χ3v) is 3.90. The number of piperazine rings is 1. The number of hydrogen-bond acceptors (Lipinski definition) is 5. The monoisotopic (exact) mass is 264 g/mol. The average molecular weight is 264 g/mol. The average Bonchev–Trinajstić information content (AvgIpc) is 2.48. The maximum atomic E-state index is 8.95. The van der Waals surface area contributed by atoms with Gasteiger partial charge in [0.2, 0.25) is 0 Å². The van der Waals surface area contributed by atoms with Crippen molar-refractivity contribution in [3.63, 3.8) is 0 Å². The third kappa shape index (κ3) is 3.64. The Morgan fingerprint density at radius 1 is 1.26 bits per heavy atom. The standard InChI is InChI=1S/C14H24N4O/c1-3-12(2)13-10-14(16-11-15-13)18-6-4-17(5-7-18)8-9-19/h10-12,19H,3-9H2,1-2H3. The minimum absolute atomic E-state index is 0.242. The number of aromatic nitrogens is 2. The van der Waals surface area contributed by atoms with Gasteiger partial charge in [-0.25, -0.2) is 9.97 Å². The SMILES string of the molecule is CCC(C)c1cc(N2CCN(CCO)CC2)ncn1. The van der Waals surface area contributed by atoms with Gasteiger partial charge in [-0.05, 0) is 12.3 Å². The molecule has 19 heavy (non-hydrogen) atoms. The summed E-state index contributed by atoms with van der Waals surface area (Å²) in [6, 6.07) is 2.12. The number of aliphatic hydroxyl groups is 1. The predicted octanol–water partition coefficient (Wildman–Crippen LogP) is 1.10. The Bertz CT molecular complexity index is 391. The largest absolute Gasteiger partial charge is 0.395 e. The highest BCUT2D eigenvalue weighted by Gasteiger charge is 2.18. The molecule has 0 aromatic carbocycles. The summed E-state index contributed by atoms with van der Waals surface area (Å²) >= 11 is 0. The molecule has 5 nitrogen and oxygen atoms in total. The molecule has 1 fully saturated rings. The zero-order chi connectivity index (χ0) is 13.7. The molecule has 0 radical (unpaired) electrons. The molecule has 5 heteroatoms. The van der Waals surface area contributed by atoms with E-state index in [9.17, 15) is 0 Å². The lowest BCUT2D eigenvalue weighted by atomic mass is 10.1. The predicted molar refractivity (Wildman–Crippen MR) is 76.5 cm³/mol. The second-order valence-electron chi connectivity index (χ2n) is 5.16. The maximum Gasteiger partial charge on any atom is 0.132 e. The first-order chi connectivity index (χ1) is 9.24. The number of β-amino-alcohol motifs (C(OH)–C–C–N with tert-alkyl or cyclic N) is 1. The summed E-state index contributed by atoms with van der Waals surface area (Å²) in [5.74, 6) is 1.52. The summed E-state index contributed by atoms with van der Waals surface area (Å²) in [6.45, 7) is 9.31. The molecular weight excluding hydrogens is 240 g/mol. The van der Waals surface area contributed by atoms with E-state index in [2.05, 4.69) is 39.7 Å². The molecule has 2 heterocycles. The molecule has 0 spiro atoms. The molecule has 0 bridgehead atoms. The van der Waals surface area contributed by atoms with Crippen LogP contribution in [0.4, 0.5) is 5.82 Å². The van der Waals surface area contributed by atoms with Crippen LogP contribution in [-0.4, -0.2) is 59.3 Å². The Labute approximate surface area is 115 Å². The van der Waals surface area contributed by atoms with Gasteiger partial charge in [0.1, 0.15) is 12.1 Å². The molecule has 1 aliphatic heterocycles. The molecule has 1 atom stereocenters. The fraction of sp³-hybridized carbons (Fsp3) is 0.714. The normalized spacial score (nSPS) is 18.6. The highest BCUT2D eigenvalue weighted by Crippen LogP contribution is 2.20. The van der Waals surface area contributed by atoms with Crippen molar-refractivity contribution in [2.24, 2.45) is 0 Å². The lowest BCUT2D eigenvalue weighted by Gasteiger charge is -2.35. The highest BCUT2D eigenvalue weighted by atomic mass is 16.3. The molecule has 1 saturated heterocycles. The molecule has 1 aromatic heterocycles. The van der Waals surface area contributed by atoms with Gasteiger partial charge in [0.25, 0.3) is 0 Å². The van der Waals surface area contributed by atoms with Crippen LogP contribution in [0.2, 0.25) is 0 Å². The number of rotatable bonds is 5. The van der Waals surface area contributed by atoms with Crippen molar-refractivity contribution in [2.75, 3.05) is 44.2 Å². The number of anilines is 1. The minimum atomic E-state index is 0.242. The molecule has 0 amide bonds. The van der Waals surface area contributed by atoms with E-state index >= 15 is 0 Å². The molecule has 2 rings (SSSR count). The van der Waals surface area contributed by atoms with Crippen LogP contribution in [0.5, 0.6) is 0 Å². The van der Waals surface area contributed by atoms with Gasteiger partial charge < -0.3 is 10.0 Å². The first-order valence-corrected chi connectivity index (χ1v) is 7.14. The summed E-state index contributed by atoms with van der Waals surface area (Å²) in [6.07, 6.45) is 2.78. The summed E-state index contributed by atoms with van der Waals surface area (Å²) in [5, 5.41) is 8.95. The van der Waals surface area contributed by atoms with E-state index < -0.39 is 0 Å². The van der Waals surface area contributed by atoms with Crippen LogP contribution in [0.1, 0.15) is 31.9 Å². The Kier molecular flexibility index (Phi) is 5.10. The lowest BCUT2D eigenvalue weighted by molar-refractivity contribution is 0.188. The Morgan fingerprint density at radius 3 is 2.63 bits per heavy atom. The van der Waals surface area contributed by atoms with E-state index in [-0.39, 0.29) is 6.61 Å². The summed E-state index contributed by atoms with van der Waals surface area (Å²) in [7, 11) is 0. The maximum absolute atomic E-state index is 8.95. The van der Waals surface area contributed by atoms with Crippen LogP contribution in [0.3, 0.4) is 0 Å². The van der Waals surface area contributed by atoms with E-state index in [1.165, 1.54) is 0 Å². The van der Waals surface area contributed by atoms with Gasteiger partial charge in [0, 0.05) is 44.5 Å². The van der Waals surface area contributed by atoms with Gasteiger partial charge >= 0.3 is 0 Å². The fourth-order valence-corrected chi connectivity index (χ4v) is 2.36. The van der Waals surface area contributed by atoms with E-state index in [1.807, 2.05) is 0 Å². The van der Waals surface area contributed by atoms with Crippen molar-refractivity contribution in [3.05, 3.63) is 18.1 Å². The van der Waals surface area contributed by atoms with E-state index in [1.54, 1.807) is 6.33 Å². The van der Waals surface area contributed by atoms with Crippen molar-refractivity contribution < 1.29 is 5.11 Å². The highest BCUT2D eigenvalue weighted by molar-refractivity contribution is 5.40. The summed E-state index contributed by atoms with van der Waals surface area (Å²) in [5.41, 5.74) is 1.13. The first kappa shape index (κ1) is 14.2. The van der Waals surface area contributed by atoms with Crippen LogP contribution >= 0.6 is 0 Å². The van der Waals surface area contributed by atoms with Crippen molar-refractivity contribution in [1.82, 2.24) is 14.9 Å². The quantitative estimate of drug-likeness (QED) is 0.863. The van der Waals surface area contributed by atoms with Crippen LogP contribution in [-0.2, 0) is 0 Å². The summed E-state index contributed by atoms with van der Waals surface area (Å²) in [4.78, 5) is 13.4. The van der Waals surface area contributed by atoms with Gasteiger partial charge in [-0.1, -0.05) is 13.8 Å². The number of nitrogens with zero attached hydrogens (tertiary/aromatic N) is 4. The number of aliphatic hydroxyl groups excluding tert-OH is 1. The topological polar surface area (TPSA) is 52.5 Å². The van der Waals surface area contributed by atoms with Gasteiger partial charge in [0.15, 0.2) is 0 Å². The molecule has 106 valence electrons. The second-order valence-corrected chi connectivity index (χ2v) is 5.16. The van der Waals surface area contributed by atoms with Crippen molar-refractivity contribution >= 4 is 5.82 Å². The smallest absolute Gasteiger partial charge is 0.132 e. The van der Waals surface area contributed by atoms with Crippen LogP contribution in [0.25, 0.3) is 0 Å². The first-order valence-electron chi connectivity index (χ1n) is 7.14.